The third-order valence-corrected chi connectivity index (χ3v) is 3.72. The molecule has 0 bridgehead atoms. The molecule has 5 nitrogen and oxygen atoms in total. The van der Waals surface area contributed by atoms with Gasteiger partial charge in [0.25, 0.3) is 0 Å². The molecule has 0 saturated carbocycles. The zero-order valence-corrected chi connectivity index (χ0v) is 10.7. The molecule has 1 aliphatic heterocycles. The lowest BCUT2D eigenvalue weighted by Crippen LogP contribution is -2.35. The van der Waals surface area contributed by atoms with Crippen molar-refractivity contribution in [3.63, 3.8) is 0 Å². The summed E-state index contributed by atoms with van der Waals surface area (Å²) in [4.78, 5) is 11.7. The molecule has 0 radical (unpaired) electrons. The topological polar surface area (TPSA) is 70.1 Å². The Morgan fingerprint density at radius 1 is 1.47 bits per heavy atom. The van der Waals surface area contributed by atoms with Crippen LogP contribution in [0.3, 0.4) is 0 Å². The van der Waals surface area contributed by atoms with Gasteiger partial charge < -0.3 is 10.5 Å². The van der Waals surface area contributed by atoms with Gasteiger partial charge in [-0.3, -0.25) is 9.48 Å². The van der Waals surface area contributed by atoms with Crippen molar-refractivity contribution in [3.8, 4) is 0 Å². The second kappa shape index (κ2) is 5.11. The minimum absolute atomic E-state index is 0.000841. The maximum atomic E-state index is 11.7. The first-order valence-corrected chi connectivity index (χ1v) is 6.54. The molecular formula is C14H17N3O2. The quantitative estimate of drug-likeness (QED) is 0.883. The van der Waals surface area contributed by atoms with Gasteiger partial charge in [0.15, 0.2) is 0 Å². The van der Waals surface area contributed by atoms with E-state index in [-0.39, 0.29) is 11.5 Å². The van der Waals surface area contributed by atoms with Crippen LogP contribution in [0, 0.1) is 5.92 Å². The maximum absolute atomic E-state index is 11.7. The van der Waals surface area contributed by atoms with Gasteiger partial charge >= 0.3 is 0 Å². The highest BCUT2D eigenvalue weighted by Gasteiger charge is 2.23. The van der Waals surface area contributed by atoms with Crippen molar-refractivity contribution in [2.45, 2.75) is 19.0 Å². The van der Waals surface area contributed by atoms with E-state index in [4.69, 9.17) is 10.5 Å². The van der Waals surface area contributed by atoms with Crippen LogP contribution in [0.25, 0.3) is 10.9 Å². The standard InChI is InChI=1S/C14H17N3O2/c15-12(10-5-6-19-9-10)8-17-13-4-2-1-3-11(13)14(18)7-16-17/h1-4,7,10,12H,5-6,8-9,15H2. The maximum Gasteiger partial charge on any atom is 0.207 e. The zero-order valence-electron chi connectivity index (χ0n) is 10.7. The highest BCUT2D eigenvalue weighted by Crippen LogP contribution is 2.17. The molecule has 2 unspecified atom stereocenters. The summed E-state index contributed by atoms with van der Waals surface area (Å²) in [7, 11) is 0. The first kappa shape index (κ1) is 12.3. The molecule has 2 heterocycles. The van der Waals surface area contributed by atoms with Crippen LogP contribution in [0.15, 0.2) is 35.3 Å². The number of nitrogens with two attached hydrogens (primary N) is 1. The van der Waals surface area contributed by atoms with E-state index in [9.17, 15) is 4.79 Å². The van der Waals surface area contributed by atoms with Crippen LogP contribution in [0.2, 0.25) is 0 Å². The fourth-order valence-electron chi connectivity index (χ4n) is 2.55. The summed E-state index contributed by atoms with van der Waals surface area (Å²) in [5.41, 5.74) is 7.01. The number of hydrogen-bond acceptors (Lipinski definition) is 4. The van der Waals surface area contributed by atoms with Crippen molar-refractivity contribution in [1.29, 1.82) is 0 Å². The van der Waals surface area contributed by atoms with Crippen LogP contribution in [0.4, 0.5) is 0 Å². The zero-order chi connectivity index (χ0) is 13.2. The predicted molar refractivity (Wildman–Crippen MR) is 72.9 cm³/mol. The fraction of sp³-hybridized carbons (Fsp3) is 0.429. The van der Waals surface area contributed by atoms with Crippen molar-refractivity contribution in [3.05, 3.63) is 40.7 Å². The van der Waals surface area contributed by atoms with Gasteiger partial charge in [-0.1, -0.05) is 12.1 Å². The van der Waals surface area contributed by atoms with E-state index in [0.29, 0.717) is 17.8 Å². The summed E-state index contributed by atoms with van der Waals surface area (Å²) in [6.45, 7) is 2.12. The van der Waals surface area contributed by atoms with Gasteiger partial charge in [-0.2, -0.15) is 5.10 Å². The Kier molecular flexibility index (Phi) is 3.31. The Balaban J connectivity index is 1.92. The number of rotatable bonds is 3. The highest BCUT2D eigenvalue weighted by molar-refractivity contribution is 5.77. The Bertz CT molecular complexity index is 632. The first-order chi connectivity index (χ1) is 9.25. The third kappa shape index (κ3) is 2.39. The number of para-hydroxylation sites is 1. The summed E-state index contributed by atoms with van der Waals surface area (Å²) in [5, 5.41) is 4.89. The van der Waals surface area contributed by atoms with Gasteiger partial charge in [0.2, 0.25) is 5.43 Å². The largest absolute Gasteiger partial charge is 0.381 e. The average molecular weight is 259 g/mol. The number of hydrogen-bond donors (Lipinski definition) is 1. The van der Waals surface area contributed by atoms with E-state index in [0.717, 1.165) is 25.2 Å². The molecule has 1 aliphatic rings. The van der Waals surface area contributed by atoms with Crippen LogP contribution in [0.5, 0.6) is 0 Å². The molecule has 2 aromatic rings. The van der Waals surface area contributed by atoms with E-state index in [1.807, 2.05) is 28.9 Å². The van der Waals surface area contributed by atoms with Crippen molar-refractivity contribution >= 4 is 10.9 Å². The van der Waals surface area contributed by atoms with Crippen molar-refractivity contribution in [2.75, 3.05) is 13.2 Å². The molecule has 19 heavy (non-hydrogen) atoms. The first-order valence-electron chi connectivity index (χ1n) is 6.54. The van der Waals surface area contributed by atoms with Crippen LogP contribution in [-0.4, -0.2) is 29.0 Å². The van der Waals surface area contributed by atoms with E-state index in [1.165, 1.54) is 6.20 Å². The fourth-order valence-corrected chi connectivity index (χ4v) is 2.55. The predicted octanol–water partition coefficient (Wildman–Crippen LogP) is 0.760. The number of nitrogens with zero attached hydrogens (tertiary/aromatic N) is 2. The van der Waals surface area contributed by atoms with Gasteiger partial charge in [-0.15, -0.1) is 0 Å². The minimum atomic E-state index is -0.0513. The lowest BCUT2D eigenvalue weighted by atomic mass is 10.00. The van der Waals surface area contributed by atoms with Gasteiger partial charge in [-0.05, 0) is 18.6 Å². The smallest absolute Gasteiger partial charge is 0.207 e. The molecule has 1 aromatic heterocycles. The highest BCUT2D eigenvalue weighted by atomic mass is 16.5. The Morgan fingerprint density at radius 2 is 2.32 bits per heavy atom. The Labute approximate surface area is 111 Å². The van der Waals surface area contributed by atoms with Gasteiger partial charge in [-0.25, -0.2) is 0 Å². The minimum Gasteiger partial charge on any atom is -0.381 e. The van der Waals surface area contributed by atoms with Gasteiger partial charge in [0, 0.05) is 24.0 Å². The van der Waals surface area contributed by atoms with E-state index in [2.05, 4.69) is 5.10 Å². The Morgan fingerprint density at radius 3 is 3.11 bits per heavy atom. The monoisotopic (exact) mass is 259 g/mol. The molecule has 2 N–H and O–H groups in total. The summed E-state index contributed by atoms with van der Waals surface area (Å²) in [6.07, 6.45) is 2.36. The van der Waals surface area contributed by atoms with Crippen LogP contribution in [-0.2, 0) is 11.3 Å². The second-order valence-electron chi connectivity index (χ2n) is 5.00. The van der Waals surface area contributed by atoms with Crippen molar-refractivity contribution in [2.24, 2.45) is 11.7 Å². The third-order valence-electron chi connectivity index (χ3n) is 3.72. The molecule has 0 amide bonds. The molecule has 3 rings (SSSR count). The summed E-state index contributed by atoms with van der Waals surface area (Å²) in [6, 6.07) is 7.49. The van der Waals surface area contributed by atoms with Crippen LogP contribution in [0.1, 0.15) is 6.42 Å². The number of aromatic nitrogens is 2. The summed E-state index contributed by atoms with van der Waals surface area (Å²) >= 11 is 0. The lowest BCUT2D eigenvalue weighted by molar-refractivity contribution is 0.178. The molecule has 1 fully saturated rings. The summed E-state index contributed by atoms with van der Waals surface area (Å²) < 4.78 is 7.18. The normalized spacial score (nSPS) is 20.8. The van der Waals surface area contributed by atoms with Gasteiger partial charge in [0.05, 0.1) is 24.9 Å². The molecule has 1 aromatic carbocycles. The van der Waals surface area contributed by atoms with Crippen molar-refractivity contribution < 1.29 is 4.74 Å². The second-order valence-corrected chi connectivity index (χ2v) is 5.00. The van der Waals surface area contributed by atoms with Gasteiger partial charge in [0.1, 0.15) is 0 Å². The van der Waals surface area contributed by atoms with Crippen LogP contribution >= 0.6 is 0 Å². The van der Waals surface area contributed by atoms with Crippen molar-refractivity contribution in [1.82, 2.24) is 9.78 Å². The van der Waals surface area contributed by atoms with E-state index >= 15 is 0 Å². The number of benzene rings is 1. The molecule has 1 saturated heterocycles. The molecule has 0 aliphatic carbocycles. The molecule has 0 spiro atoms. The lowest BCUT2D eigenvalue weighted by Gasteiger charge is -2.19. The number of ether oxygens (including phenoxy) is 1. The van der Waals surface area contributed by atoms with Crippen LogP contribution < -0.4 is 11.2 Å². The average Bonchev–Trinajstić information content (AvgIpc) is 2.96. The van der Waals surface area contributed by atoms with E-state index in [1.54, 1.807) is 0 Å². The summed E-state index contributed by atoms with van der Waals surface area (Å²) in [5.74, 6) is 0.375. The number of fused-ring (bicyclic) bond motifs is 1. The molecule has 100 valence electrons. The SMILES string of the molecule is NC(Cn1ncc(=O)c2ccccc21)C1CCOC1. The Hall–Kier alpha value is -1.72. The van der Waals surface area contributed by atoms with E-state index < -0.39 is 0 Å². The molecule has 5 heteroatoms. The molecule has 2 atom stereocenters. The molecular weight excluding hydrogens is 242 g/mol.